The van der Waals surface area contributed by atoms with Crippen molar-refractivity contribution >= 4 is 28.8 Å². The monoisotopic (exact) mass is 335 g/mol. The molecule has 0 atom stereocenters. The smallest absolute Gasteiger partial charge is 0.301 e. The van der Waals surface area contributed by atoms with Crippen molar-refractivity contribution in [1.29, 1.82) is 0 Å². The molecule has 0 saturated carbocycles. The molecule has 10 heteroatoms. The van der Waals surface area contributed by atoms with Crippen molar-refractivity contribution in [3.63, 3.8) is 0 Å². The van der Waals surface area contributed by atoms with Crippen molar-refractivity contribution in [3.05, 3.63) is 50.4 Å². The number of pyridine rings is 1. The lowest BCUT2D eigenvalue weighted by atomic mass is 10.3. The molecule has 112 valence electrons. The van der Waals surface area contributed by atoms with E-state index in [4.69, 9.17) is 4.42 Å². The Morgan fingerprint density at radius 1 is 1.45 bits per heavy atom. The molecule has 0 aromatic carbocycles. The minimum absolute atomic E-state index is 0.0950. The van der Waals surface area contributed by atoms with E-state index in [1.807, 2.05) is 12.3 Å². The fourth-order valence-corrected chi connectivity index (χ4v) is 3.04. The van der Waals surface area contributed by atoms with Crippen LogP contribution in [0.3, 0.4) is 0 Å². The molecule has 0 bridgehead atoms. The quantitative estimate of drug-likeness (QED) is 0.517. The van der Waals surface area contributed by atoms with E-state index in [9.17, 15) is 10.1 Å². The van der Waals surface area contributed by atoms with Gasteiger partial charge in [0.1, 0.15) is 0 Å². The minimum atomic E-state index is -0.495. The van der Waals surface area contributed by atoms with E-state index >= 15 is 0 Å². The number of thiazole rings is 1. The molecule has 8 nitrogen and oxygen atoms in total. The Morgan fingerprint density at radius 3 is 3.05 bits per heavy atom. The first-order chi connectivity index (χ1) is 10.6. The molecular formula is C12H9N5O3S2. The molecular weight excluding hydrogens is 326 g/mol. The molecule has 3 aromatic rings. The van der Waals surface area contributed by atoms with Crippen LogP contribution in [-0.2, 0) is 6.42 Å². The van der Waals surface area contributed by atoms with Gasteiger partial charge in [-0.3, -0.25) is 10.1 Å². The molecule has 0 amide bonds. The summed E-state index contributed by atoms with van der Waals surface area (Å²) in [7, 11) is 0. The number of nitrogens with zero attached hydrogens (tertiary/aromatic N) is 5. The third-order valence-corrected chi connectivity index (χ3v) is 4.25. The highest BCUT2D eigenvalue weighted by Gasteiger charge is 2.18. The molecule has 0 unspecified atom stereocenters. The highest BCUT2D eigenvalue weighted by Crippen LogP contribution is 2.31. The lowest BCUT2D eigenvalue weighted by Gasteiger charge is -1.97. The lowest BCUT2D eigenvalue weighted by Crippen LogP contribution is -1.92. The largest absolute Gasteiger partial charge is 0.415 e. The van der Waals surface area contributed by atoms with Crippen LogP contribution in [-0.4, -0.2) is 25.1 Å². The van der Waals surface area contributed by atoms with Gasteiger partial charge in [-0.1, -0.05) is 0 Å². The first-order valence-electron chi connectivity index (χ1n) is 6.12. The van der Waals surface area contributed by atoms with Crippen LogP contribution in [0.15, 0.2) is 38.4 Å². The average Bonchev–Trinajstić information content (AvgIpc) is 3.09. The molecule has 3 rings (SSSR count). The van der Waals surface area contributed by atoms with E-state index in [0.29, 0.717) is 12.3 Å². The summed E-state index contributed by atoms with van der Waals surface area (Å²) in [6.45, 7) is 1.92. The van der Waals surface area contributed by atoms with E-state index in [1.54, 1.807) is 11.3 Å². The summed E-state index contributed by atoms with van der Waals surface area (Å²) in [6, 6.07) is 2.89. The van der Waals surface area contributed by atoms with Crippen LogP contribution in [0, 0.1) is 17.0 Å². The SMILES string of the molecule is Cc1nc(Cc2nnc(Sc3ncccc3[N+](=O)[O-])o2)cs1. The molecule has 3 heterocycles. The molecule has 0 fully saturated rings. The maximum Gasteiger partial charge on any atom is 0.301 e. The van der Waals surface area contributed by atoms with Gasteiger partial charge in [-0.2, -0.15) is 0 Å². The lowest BCUT2D eigenvalue weighted by molar-refractivity contribution is -0.388. The molecule has 3 aromatic heterocycles. The normalized spacial score (nSPS) is 10.8. The van der Waals surface area contributed by atoms with Crippen molar-refractivity contribution in [2.75, 3.05) is 0 Å². The van der Waals surface area contributed by atoms with Gasteiger partial charge >= 0.3 is 5.69 Å². The maximum absolute atomic E-state index is 10.9. The van der Waals surface area contributed by atoms with Crippen LogP contribution in [0.25, 0.3) is 0 Å². The Morgan fingerprint density at radius 2 is 2.32 bits per heavy atom. The van der Waals surface area contributed by atoms with E-state index in [1.165, 1.54) is 18.3 Å². The Bertz CT molecular complexity index is 816. The van der Waals surface area contributed by atoms with E-state index in [2.05, 4.69) is 20.2 Å². The van der Waals surface area contributed by atoms with Gasteiger partial charge < -0.3 is 4.42 Å². The molecule has 0 saturated heterocycles. The van der Waals surface area contributed by atoms with E-state index in [-0.39, 0.29) is 15.9 Å². The predicted molar refractivity (Wildman–Crippen MR) is 79.0 cm³/mol. The molecule has 0 aliphatic heterocycles. The van der Waals surface area contributed by atoms with Crippen molar-refractivity contribution < 1.29 is 9.34 Å². The number of aromatic nitrogens is 4. The van der Waals surface area contributed by atoms with Crippen molar-refractivity contribution in [1.82, 2.24) is 20.2 Å². The Balaban J connectivity index is 1.76. The molecule has 0 N–H and O–H groups in total. The second kappa shape index (κ2) is 6.20. The van der Waals surface area contributed by atoms with Gasteiger partial charge in [0, 0.05) is 17.6 Å². The molecule has 0 radical (unpaired) electrons. The van der Waals surface area contributed by atoms with Crippen molar-refractivity contribution in [2.45, 2.75) is 23.6 Å². The van der Waals surface area contributed by atoms with E-state index in [0.717, 1.165) is 22.5 Å². The Kier molecular flexibility index (Phi) is 4.11. The molecule has 0 aliphatic rings. The van der Waals surface area contributed by atoms with Crippen LogP contribution < -0.4 is 0 Å². The standard InChI is InChI=1S/C12H9N5O3S2/c1-7-14-8(6-21-7)5-10-15-16-12(20-10)22-11-9(17(18)19)3-2-4-13-11/h2-4,6H,5H2,1H3. The van der Waals surface area contributed by atoms with Crippen LogP contribution in [0.5, 0.6) is 0 Å². The van der Waals surface area contributed by atoms with Gasteiger partial charge in [0.25, 0.3) is 5.22 Å². The first-order valence-corrected chi connectivity index (χ1v) is 7.82. The molecule has 0 aliphatic carbocycles. The number of rotatable bonds is 5. The van der Waals surface area contributed by atoms with Gasteiger partial charge in [-0.05, 0) is 24.8 Å². The van der Waals surface area contributed by atoms with Gasteiger partial charge in [-0.15, -0.1) is 21.5 Å². The predicted octanol–water partition coefficient (Wildman–Crippen LogP) is 2.88. The second-order valence-electron chi connectivity index (χ2n) is 4.18. The third kappa shape index (κ3) is 3.28. The summed E-state index contributed by atoms with van der Waals surface area (Å²) in [5.41, 5.74) is 0.758. The Hall–Kier alpha value is -2.33. The third-order valence-electron chi connectivity index (χ3n) is 2.58. The van der Waals surface area contributed by atoms with Gasteiger partial charge in [0.05, 0.1) is 22.0 Å². The maximum atomic E-state index is 10.9. The van der Waals surface area contributed by atoms with Crippen LogP contribution >= 0.6 is 23.1 Å². The van der Waals surface area contributed by atoms with Gasteiger partial charge in [0.2, 0.25) is 5.89 Å². The summed E-state index contributed by atoms with van der Waals surface area (Å²) in [5, 5.41) is 22.1. The molecule has 0 spiro atoms. The summed E-state index contributed by atoms with van der Waals surface area (Å²) in [6.07, 6.45) is 1.91. The Labute approximate surface area is 132 Å². The summed E-state index contributed by atoms with van der Waals surface area (Å²) in [4.78, 5) is 18.7. The minimum Gasteiger partial charge on any atom is -0.415 e. The summed E-state index contributed by atoms with van der Waals surface area (Å²) >= 11 is 2.52. The molecule has 22 heavy (non-hydrogen) atoms. The zero-order valence-corrected chi connectivity index (χ0v) is 12.9. The topological polar surface area (TPSA) is 108 Å². The second-order valence-corrected chi connectivity index (χ2v) is 6.19. The van der Waals surface area contributed by atoms with Crippen molar-refractivity contribution in [2.24, 2.45) is 0 Å². The number of hydrogen-bond donors (Lipinski definition) is 0. The van der Waals surface area contributed by atoms with Crippen LogP contribution in [0.2, 0.25) is 0 Å². The van der Waals surface area contributed by atoms with Gasteiger partial charge in [0.15, 0.2) is 5.03 Å². The van der Waals surface area contributed by atoms with Crippen LogP contribution in [0.4, 0.5) is 5.69 Å². The van der Waals surface area contributed by atoms with Gasteiger partial charge in [-0.25, -0.2) is 9.97 Å². The van der Waals surface area contributed by atoms with Crippen molar-refractivity contribution in [3.8, 4) is 0 Å². The summed E-state index contributed by atoms with van der Waals surface area (Å²) in [5.74, 6) is 0.409. The number of nitro groups is 1. The average molecular weight is 335 g/mol. The zero-order valence-electron chi connectivity index (χ0n) is 11.3. The number of hydrogen-bond acceptors (Lipinski definition) is 9. The van der Waals surface area contributed by atoms with Crippen LogP contribution in [0.1, 0.15) is 16.6 Å². The first kappa shape index (κ1) is 14.6. The highest BCUT2D eigenvalue weighted by molar-refractivity contribution is 7.99. The fraction of sp³-hybridized carbons (Fsp3) is 0.167. The van der Waals surface area contributed by atoms with E-state index < -0.39 is 4.92 Å². The number of aryl methyl sites for hydroxylation is 1. The summed E-state index contributed by atoms with van der Waals surface area (Å²) < 4.78 is 5.48. The highest BCUT2D eigenvalue weighted by atomic mass is 32.2. The zero-order chi connectivity index (χ0) is 15.5. The fourth-order valence-electron chi connectivity index (χ4n) is 1.68.